The van der Waals surface area contributed by atoms with Crippen LogP contribution in [-0.2, 0) is 19.3 Å². The van der Waals surface area contributed by atoms with E-state index in [-0.39, 0.29) is 17.2 Å². The zero-order valence-corrected chi connectivity index (χ0v) is 20.3. The lowest BCUT2D eigenvalue weighted by atomic mass is 9.97. The highest BCUT2D eigenvalue weighted by Gasteiger charge is 2.38. The van der Waals surface area contributed by atoms with Crippen LogP contribution in [0.1, 0.15) is 37.6 Å². The first-order valence-corrected chi connectivity index (χ1v) is 12.3. The Morgan fingerprint density at radius 3 is 2.57 bits per heavy atom. The van der Waals surface area contributed by atoms with Gasteiger partial charge in [0.25, 0.3) is 0 Å². The second kappa shape index (κ2) is 10.4. The summed E-state index contributed by atoms with van der Waals surface area (Å²) in [6.45, 7) is 6.09. The van der Waals surface area contributed by atoms with Crippen molar-refractivity contribution in [2.45, 2.75) is 45.5 Å². The van der Waals surface area contributed by atoms with Crippen molar-refractivity contribution >= 4 is 16.9 Å². The molecule has 12 heteroatoms. The summed E-state index contributed by atoms with van der Waals surface area (Å²) < 4.78 is 58.3. The molecule has 1 saturated heterocycles. The van der Waals surface area contributed by atoms with Crippen molar-refractivity contribution in [3.63, 3.8) is 0 Å². The molecular formula is C25H27F4N7O. The Balaban J connectivity index is 1.13. The lowest BCUT2D eigenvalue weighted by Gasteiger charge is -2.32. The van der Waals surface area contributed by atoms with Crippen molar-refractivity contribution in [2.24, 2.45) is 5.92 Å². The Labute approximate surface area is 210 Å². The summed E-state index contributed by atoms with van der Waals surface area (Å²) >= 11 is 0. The molecule has 1 fully saturated rings. The molecule has 0 bridgehead atoms. The van der Waals surface area contributed by atoms with Crippen LogP contribution in [0, 0.1) is 11.7 Å². The number of rotatable bonds is 8. The maximum Gasteiger partial charge on any atom is 0.471 e. The highest BCUT2D eigenvalue weighted by atomic mass is 19.4. The molecule has 1 aliphatic rings. The van der Waals surface area contributed by atoms with E-state index in [1.54, 1.807) is 6.07 Å². The third-order valence-corrected chi connectivity index (χ3v) is 6.60. The van der Waals surface area contributed by atoms with Crippen LogP contribution in [-0.4, -0.2) is 44.3 Å². The van der Waals surface area contributed by atoms with Gasteiger partial charge in [-0.05, 0) is 55.5 Å². The van der Waals surface area contributed by atoms with Crippen LogP contribution in [0.2, 0.25) is 0 Å². The molecule has 5 rings (SSSR count). The van der Waals surface area contributed by atoms with Gasteiger partial charge in [-0.2, -0.15) is 18.2 Å². The first kappa shape index (κ1) is 25.1. The number of benzene rings is 1. The fourth-order valence-corrected chi connectivity index (χ4v) is 4.71. The first-order valence-electron chi connectivity index (χ1n) is 12.3. The van der Waals surface area contributed by atoms with Gasteiger partial charge in [0.15, 0.2) is 0 Å². The Kier molecular flexibility index (Phi) is 7.09. The Bertz CT molecular complexity index is 1340. The van der Waals surface area contributed by atoms with Gasteiger partial charge in [-0.3, -0.25) is 0 Å². The summed E-state index contributed by atoms with van der Waals surface area (Å²) in [4.78, 5) is 14.0. The molecule has 0 atom stereocenters. The second-order valence-corrected chi connectivity index (χ2v) is 9.26. The summed E-state index contributed by atoms with van der Waals surface area (Å²) in [5.41, 5.74) is 2.40. The number of anilines is 1. The van der Waals surface area contributed by atoms with Gasteiger partial charge in [0.05, 0.1) is 5.56 Å². The van der Waals surface area contributed by atoms with Gasteiger partial charge in [-0.15, -0.1) is 0 Å². The highest BCUT2D eigenvalue weighted by Crippen LogP contribution is 2.29. The monoisotopic (exact) mass is 517 g/mol. The standard InChI is InChI=1S/C25H27F4N7O/c1-2-7-36-15-18(20-10-19(26)3-4-21(20)36)12-30-11-16-5-8-35(9-6-16)24-31-13-17(14-32-24)22-33-23(37-34-22)25(27,28)29/h3-4,10,13-16,30H,2,5-9,11-12H2,1H3. The smallest absolute Gasteiger partial charge is 0.347 e. The van der Waals surface area contributed by atoms with Gasteiger partial charge in [-0.1, -0.05) is 12.1 Å². The van der Waals surface area contributed by atoms with E-state index < -0.39 is 12.1 Å². The largest absolute Gasteiger partial charge is 0.471 e. The first-order chi connectivity index (χ1) is 17.8. The number of aryl methyl sites for hydroxylation is 1. The van der Waals surface area contributed by atoms with Crippen LogP contribution in [0.5, 0.6) is 0 Å². The van der Waals surface area contributed by atoms with Crippen molar-refractivity contribution in [2.75, 3.05) is 24.5 Å². The average molecular weight is 518 g/mol. The lowest BCUT2D eigenvalue weighted by Crippen LogP contribution is -2.38. The Morgan fingerprint density at radius 2 is 1.89 bits per heavy atom. The third-order valence-electron chi connectivity index (χ3n) is 6.60. The number of alkyl halides is 3. The number of fused-ring (bicyclic) bond motifs is 1. The van der Waals surface area contributed by atoms with Gasteiger partial charge < -0.3 is 19.3 Å². The van der Waals surface area contributed by atoms with E-state index in [9.17, 15) is 17.6 Å². The van der Waals surface area contributed by atoms with E-state index >= 15 is 0 Å². The SMILES string of the molecule is CCCn1cc(CNCC2CCN(c3ncc(-c4noc(C(F)(F)F)n4)cn3)CC2)c2cc(F)ccc21. The van der Waals surface area contributed by atoms with Gasteiger partial charge in [0.1, 0.15) is 5.82 Å². The van der Waals surface area contributed by atoms with Gasteiger partial charge >= 0.3 is 12.1 Å². The topological polar surface area (TPSA) is 84.9 Å². The van der Waals surface area contributed by atoms with E-state index in [0.717, 1.165) is 61.9 Å². The molecule has 1 aliphatic heterocycles. The van der Waals surface area contributed by atoms with Gasteiger partial charge in [0, 0.05) is 55.7 Å². The molecule has 0 amide bonds. The molecule has 1 aromatic carbocycles. The number of hydrogen-bond acceptors (Lipinski definition) is 7. The zero-order chi connectivity index (χ0) is 26.0. The maximum atomic E-state index is 13.9. The Morgan fingerprint density at radius 1 is 1.14 bits per heavy atom. The number of aromatic nitrogens is 5. The molecule has 3 aromatic heterocycles. The van der Waals surface area contributed by atoms with Crippen LogP contribution in [0.3, 0.4) is 0 Å². The van der Waals surface area contributed by atoms with Crippen molar-refractivity contribution in [1.82, 2.24) is 30.0 Å². The fourth-order valence-electron chi connectivity index (χ4n) is 4.71. The summed E-state index contributed by atoms with van der Waals surface area (Å²) in [6, 6.07) is 4.96. The molecule has 196 valence electrons. The summed E-state index contributed by atoms with van der Waals surface area (Å²) in [6.07, 6.45) is 3.13. The molecule has 4 aromatic rings. The van der Waals surface area contributed by atoms with Gasteiger partial charge in [0.2, 0.25) is 11.8 Å². The number of piperidine rings is 1. The normalized spacial score (nSPS) is 15.1. The van der Waals surface area contributed by atoms with Crippen molar-refractivity contribution in [1.29, 1.82) is 0 Å². The van der Waals surface area contributed by atoms with Crippen molar-refractivity contribution < 1.29 is 22.1 Å². The molecule has 0 radical (unpaired) electrons. The minimum atomic E-state index is -4.70. The van der Waals surface area contributed by atoms with Crippen LogP contribution in [0.25, 0.3) is 22.3 Å². The van der Waals surface area contributed by atoms with E-state index in [2.05, 4.69) is 52.5 Å². The molecule has 4 heterocycles. The van der Waals surface area contributed by atoms with Crippen molar-refractivity contribution in [3.8, 4) is 11.4 Å². The summed E-state index contributed by atoms with van der Waals surface area (Å²) in [7, 11) is 0. The summed E-state index contributed by atoms with van der Waals surface area (Å²) in [5.74, 6) is -0.837. The number of nitrogens with zero attached hydrogens (tertiary/aromatic N) is 6. The van der Waals surface area contributed by atoms with E-state index in [4.69, 9.17) is 0 Å². The predicted molar refractivity (Wildman–Crippen MR) is 129 cm³/mol. The molecule has 8 nitrogen and oxygen atoms in total. The van der Waals surface area contributed by atoms with Gasteiger partial charge in [-0.25, -0.2) is 14.4 Å². The number of hydrogen-bond donors (Lipinski definition) is 1. The summed E-state index contributed by atoms with van der Waals surface area (Å²) in [5, 5.41) is 7.85. The molecule has 0 aliphatic carbocycles. The molecule has 0 saturated carbocycles. The quantitative estimate of drug-likeness (QED) is 0.327. The van der Waals surface area contributed by atoms with E-state index in [1.165, 1.54) is 18.5 Å². The van der Waals surface area contributed by atoms with Crippen molar-refractivity contribution in [3.05, 3.63) is 54.1 Å². The molecular weight excluding hydrogens is 490 g/mol. The second-order valence-electron chi connectivity index (χ2n) is 9.26. The van der Waals surface area contributed by atoms with Crippen LogP contribution >= 0.6 is 0 Å². The Hall–Kier alpha value is -3.54. The van der Waals surface area contributed by atoms with Crippen LogP contribution < -0.4 is 10.2 Å². The molecule has 0 unspecified atom stereocenters. The molecule has 37 heavy (non-hydrogen) atoms. The highest BCUT2D eigenvalue weighted by molar-refractivity contribution is 5.84. The third kappa shape index (κ3) is 5.58. The van der Waals surface area contributed by atoms with E-state index in [1.807, 2.05) is 6.07 Å². The predicted octanol–water partition coefficient (Wildman–Crippen LogP) is 5.06. The average Bonchev–Trinajstić information content (AvgIpc) is 3.51. The minimum absolute atomic E-state index is 0.204. The number of nitrogens with one attached hydrogen (secondary N) is 1. The molecule has 0 spiro atoms. The zero-order valence-electron chi connectivity index (χ0n) is 20.3. The van der Waals surface area contributed by atoms with Crippen LogP contribution in [0.4, 0.5) is 23.5 Å². The van der Waals surface area contributed by atoms with Crippen LogP contribution in [0.15, 0.2) is 41.3 Å². The number of halogens is 4. The van der Waals surface area contributed by atoms with E-state index in [0.29, 0.717) is 18.4 Å². The lowest BCUT2D eigenvalue weighted by molar-refractivity contribution is -0.159. The minimum Gasteiger partial charge on any atom is -0.347 e. The fraction of sp³-hybridized carbons (Fsp3) is 0.440. The maximum absolute atomic E-state index is 13.9. The molecule has 1 N–H and O–H groups in total.